The van der Waals surface area contributed by atoms with E-state index in [9.17, 15) is 0 Å². The predicted molar refractivity (Wildman–Crippen MR) is 281 cm³/mol. The van der Waals surface area contributed by atoms with Gasteiger partial charge in [-0.15, -0.1) is 0 Å². The lowest BCUT2D eigenvalue weighted by Crippen LogP contribution is -2.33. The average molecular weight is 863 g/mol. The highest BCUT2D eigenvalue weighted by Crippen LogP contribution is 2.63. The Labute approximate surface area is 395 Å². The Balaban J connectivity index is 1.09. The minimum absolute atomic E-state index is 0.545. The molecule has 0 amide bonds. The van der Waals surface area contributed by atoms with E-state index in [-0.39, 0.29) is 0 Å². The van der Waals surface area contributed by atoms with Crippen LogP contribution in [0, 0.1) is 0 Å². The van der Waals surface area contributed by atoms with Crippen LogP contribution in [0.3, 0.4) is 0 Å². The summed E-state index contributed by atoms with van der Waals surface area (Å²) in [4.78, 5) is 2.58. The Morgan fingerprint density at radius 2 is 0.838 bits per heavy atom. The number of anilines is 3. The van der Waals surface area contributed by atoms with Crippen molar-refractivity contribution < 1.29 is 0 Å². The normalized spacial score (nSPS) is 14.1. The molecule has 1 spiro atoms. The highest BCUT2D eigenvalue weighted by Gasteiger charge is 2.52. The Hall–Kier alpha value is -8.72. The molecule has 2 heterocycles. The van der Waals surface area contributed by atoms with Gasteiger partial charge in [0.05, 0.1) is 38.9 Å². The van der Waals surface area contributed by atoms with Gasteiger partial charge in [-0.25, -0.2) is 0 Å². The zero-order valence-corrected chi connectivity index (χ0v) is 37.1. The average Bonchev–Trinajstić information content (AvgIpc) is 4.02. The molecule has 0 fully saturated rings. The lowest BCUT2D eigenvalue weighted by atomic mass is 9.65. The lowest BCUT2D eigenvalue weighted by Gasteiger charge is -2.40. The van der Waals surface area contributed by atoms with Crippen molar-refractivity contribution in [1.29, 1.82) is 0 Å². The molecule has 0 saturated carbocycles. The molecule has 1 aromatic heterocycles. The first kappa shape index (κ1) is 37.5. The SMILES string of the molecule is c1ccc(C2(c3ccccc3)c3ccccc3-c3c(N(c4ccc5c(c4)C4(c6ccccc6-c6ccccc64)c4cccc6c7ccccc7n-5c46)c4cccc5ccccc45)cccc32)cc1. The second-order valence-corrected chi connectivity index (χ2v) is 18.7. The topological polar surface area (TPSA) is 8.17 Å². The quantitative estimate of drug-likeness (QED) is 0.167. The van der Waals surface area contributed by atoms with Gasteiger partial charge < -0.3 is 9.47 Å². The highest BCUT2D eigenvalue weighted by molar-refractivity contribution is 6.13. The van der Waals surface area contributed by atoms with Gasteiger partial charge in [-0.3, -0.25) is 0 Å². The first-order valence-electron chi connectivity index (χ1n) is 23.8. The maximum atomic E-state index is 2.58. The molecule has 15 rings (SSSR count). The summed E-state index contributed by atoms with van der Waals surface area (Å²) in [6.07, 6.45) is 0. The van der Waals surface area contributed by atoms with Crippen LogP contribution in [0.1, 0.15) is 44.5 Å². The number of hydrogen-bond donors (Lipinski definition) is 0. The van der Waals surface area contributed by atoms with Crippen LogP contribution in [-0.2, 0) is 10.8 Å². The molecular formula is C66H42N2. The maximum absolute atomic E-state index is 2.58. The second kappa shape index (κ2) is 13.9. The zero-order chi connectivity index (χ0) is 44.6. The summed E-state index contributed by atoms with van der Waals surface area (Å²) in [6, 6.07) is 95.7. The van der Waals surface area contributed by atoms with Gasteiger partial charge in [-0.2, -0.15) is 0 Å². The third kappa shape index (κ3) is 4.66. The van der Waals surface area contributed by atoms with E-state index in [1.54, 1.807) is 0 Å². The van der Waals surface area contributed by atoms with Gasteiger partial charge in [0, 0.05) is 27.4 Å². The minimum atomic E-state index is -0.589. The van der Waals surface area contributed by atoms with Crippen LogP contribution in [0.2, 0.25) is 0 Å². The highest BCUT2D eigenvalue weighted by atomic mass is 15.1. The zero-order valence-electron chi connectivity index (χ0n) is 37.1. The Bertz CT molecular complexity index is 3960. The second-order valence-electron chi connectivity index (χ2n) is 18.7. The smallest absolute Gasteiger partial charge is 0.0755 e. The van der Waals surface area contributed by atoms with E-state index in [1.807, 2.05) is 0 Å². The molecule has 0 unspecified atom stereocenters. The molecule has 316 valence electrons. The monoisotopic (exact) mass is 862 g/mol. The number of nitrogens with zero attached hydrogens (tertiary/aromatic N) is 2. The standard InChI is InChI=1S/C66H42N2/c1-3-22-44(23-4-1)65(45-24-5-2-6-25-45)55-34-15-11-30-52(55)63-56(65)35-19-39-62(63)67(59-38-17-21-43-20-7-8-26-47(43)59)46-40-41-61-58(42-46)66(53-32-13-9-27-48(53)49-28-10-14-33-54(49)66)57-36-18-31-51-50-29-12-16-37-60(50)68(61)64(51)57/h1-42H. The van der Waals surface area contributed by atoms with E-state index >= 15 is 0 Å². The first-order valence-corrected chi connectivity index (χ1v) is 23.8. The Morgan fingerprint density at radius 3 is 1.57 bits per heavy atom. The minimum Gasteiger partial charge on any atom is -0.309 e. The van der Waals surface area contributed by atoms with Crippen LogP contribution >= 0.6 is 0 Å². The molecule has 2 nitrogen and oxygen atoms in total. The number of para-hydroxylation sites is 2. The Kier molecular flexibility index (Phi) is 7.67. The largest absolute Gasteiger partial charge is 0.309 e. The molecule has 2 aliphatic carbocycles. The summed E-state index contributed by atoms with van der Waals surface area (Å²) in [5.41, 5.74) is 21.4. The molecule has 0 N–H and O–H groups in total. The fourth-order valence-corrected chi connectivity index (χ4v) is 13.2. The third-order valence-electron chi connectivity index (χ3n) is 15.6. The molecule has 0 radical (unpaired) electrons. The van der Waals surface area contributed by atoms with Gasteiger partial charge in [0.25, 0.3) is 0 Å². The van der Waals surface area contributed by atoms with E-state index in [0.29, 0.717) is 0 Å². The van der Waals surface area contributed by atoms with Crippen molar-refractivity contribution >= 4 is 49.6 Å². The molecule has 12 aromatic rings. The van der Waals surface area contributed by atoms with Gasteiger partial charge in [0.1, 0.15) is 0 Å². The summed E-state index contributed by atoms with van der Waals surface area (Å²) >= 11 is 0. The van der Waals surface area contributed by atoms with Crippen molar-refractivity contribution in [3.63, 3.8) is 0 Å². The molecule has 0 atom stereocenters. The van der Waals surface area contributed by atoms with E-state index < -0.39 is 10.8 Å². The fourth-order valence-electron chi connectivity index (χ4n) is 13.2. The van der Waals surface area contributed by atoms with Crippen LogP contribution < -0.4 is 4.90 Å². The molecule has 11 aromatic carbocycles. The molecule has 2 heteroatoms. The van der Waals surface area contributed by atoms with Crippen molar-refractivity contribution in [2.75, 3.05) is 4.90 Å². The van der Waals surface area contributed by atoms with Crippen LogP contribution in [0.25, 0.3) is 60.5 Å². The van der Waals surface area contributed by atoms with Crippen LogP contribution in [0.4, 0.5) is 17.1 Å². The van der Waals surface area contributed by atoms with E-state index in [4.69, 9.17) is 0 Å². The van der Waals surface area contributed by atoms with Gasteiger partial charge in [0.2, 0.25) is 0 Å². The first-order chi connectivity index (χ1) is 33.8. The molecule has 0 saturated heterocycles. The van der Waals surface area contributed by atoms with Crippen molar-refractivity contribution in [3.8, 4) is 27.9 Å². The summed E-state index contributed by atoms with van der Waals surface area (Å²) in [6.45, 7) is 0. The summed E-state index contributed by atoms with van der Waals surface area (Å²) < 4.78 is 2.56. The van der Waals surface area contributed by atoms with Crippen molar-refractivity contribution in [2.45, 2.75) is 10.8 Å². The molecular weight excluding hydrogens is 821 g/mol. The Morgan fingerprint density at radius 1 is 0.324 bits per heavy atom. The van der Waals surface area contributed by atoms with Gasteiger partial charge in [-0.1, -0.05) is 218 Å². The molecule has 68 heavy (non-hydrogen) atoms. The van der Waals surface area contributed by atoms with E-state index in [1.165, 1.54) is 105 Å². The van der Waals surface area contributed by atoms with Crippen molar-refractivity contribution in [3.05, 3.63) is 299 Å². The molecule has 0 bridgehead atoms. The van der Waals surface area contributed by atoms with Crippen LogP contribution in [0.15, 0.2) is 255 Å². The van der Waals surface area contributed by atoms with Gasteiger partial charge >= 0.3 is 0 Å². The van der Waals surface area contributed by atoms with Gasteiger partial charge in [0.15, 0.2) is 0 Å². The van der Waals surface area contributed by atoms with Gasteiger partial charge in [-0.05, 0) is 103 Å². The molecule has 1 aliphatic heterocycles. The van der Waals surface area contributed by atoms with E-state index in [2.05, 4.69) is 264 Å². The number of benzene rings is 11. The maximum Gasteiger partial charge on any atom is 0.0755 e. The predicted octanol–water partition coefficient (Wildman–Crippen LogP) is 16.4. The number of rotatable bonds is 5. The fraction of sp³-hybridized carbons (Fsp3) is 0.0303. The third-order valence-corrected chi connectivity index (χ3v) is 15.6. The van der Waals surface area contributed by atoms with Crippen molar-refractivity contribution in [2.24, 2.45) is 0 Å². The summed E-state index contributed by atoms with van der Waals surface area (Å²) in [5.74, 6) is 0. The lowest BCUT2D eigenvalue weighted by molar-refractivity contribution is 0.748. The van der Waals surface area contributed by atoms with Crippen LogP contribution in [-0.4, -0.2) is 4.57 Å². The molecule has 3 aliphatic rings. The number of aromatic nitrogens is 1. The number of hydrogen-bond acceptors (Lipinski definition) is 1. The van der Waals surface area contributed by atoms with E-state index in [0.717, 1.165) is 17.1 Å². The summed E-state index contributed by atoms with van der Waals surface area (Å²) in [7, 11) is 0. The number of fused-ring (bicyclic) bond motifs is 16. The summed E-state index contributed by atoms with van der Waals surface area (Å²) in [5, 5.41) is 4.95. The van der Waals surface area contributed by atoms with Crippen molar-refractivity contribution in [1.82, 2.24) is 4.57 Å². The van der Waals surface area contributed by atoms with Crippen LogP contribution in [0.5, 0.6) is 0 Å².